The Morgan fingerprint density at radius 3 is 2.62 bits per heavy atom. The van der Waals surface area contributed by atoms with Gasteiger partial charge in [0.05, 0.1) is 5.92 Å². The summed E-state index contributed by atoms with van der Waals surface area (Å²) in [5.74, 6) is -0.690. The van der Waals surface area contributed by atoms with Gasteiger partial charge in [-0.3, -0.25) is 4.79 Å². The van der Waals surface area contributed by atoms with Gasteiger partial charge in [0.15, 0.2) is 0 Å². The highest BCUT2D eigenvalue weighted by Crippen LogP contribution is 2.34. The first kappa shape index (κ1) is 17.1. The summed E-state index contributed by atoms with van der Waals surface area (Å²) in [6.07, 6.45) is 6.07. The molecule has 132 valence electrons. The van der Waals surface area contributed by atoms with E-state index in [4.69, 9.17) is 5.11 Å². The average Bonchev–Trinajstić information content (AvgIpc) is 2.55. The highest BCUT2D eigenvalue weighted by Gasteiger charge is 2.29. The molecule has 0 amide bonds. The Hall–Kier alpha value is -1.69. The molecule has 0 spiro atoms. The van der Waals surface area contributed by atoms with Crippen LogP contribution < -0.4 is 10.1 Å². The standard InChI is InChI=1S/C18H23F2NO3/c19-18(20)24-14-8-9-15-12(10-14)2-1-3-16(15)21-13-6-4-11(5-7-13)17(22)23/h8-11,13,16,18,21H,1-7H2,(H,22,23). The quantitative estimate of drug-likeness (QED) is 0.854. The minimum absolute atomic E-state index is 0.209. The molecule has 0 heterocycles. The van der Waals surface area contributed by atoms with Crippen LogP contribution in [0.4, 0.5) is 8.78 Å². The fourth-order valence-electron chi connectivity index (χ4n) is 3.93. The zero-order valence-electron chi connectivity index (χ0n) is 13.5. The summed E-state index contributed by atoms with van der Waals surface area (Å²) in [6, 6.07) is 5.74. The van der Waals surface area contributed by atoms with Crippen molar-refractivity contribution in [3.05, 3.63) is 29.3 Å². The number of halogens is 2. The molecule has 1 saturated carbocycles. The van der Waals surface area contributed by atoms with Crippen molar-refractivity contribution in [1.82, 2.24) is 5.32 Å². The van der Waals surface area contributed by atoms with Gasteiger partial charge in [-0.1, -0.05) is 6.07 Å². The molecule has 0 aromatic heterocycles. The number of hydrogen-bond acceptors (Lipinski definition) is 3. The van der Waals surface area contributed by atoms with Crippen molar-refractivity contribution in [2.75, 3.05) is 0 Å². The first-order valence-corrected chi connectivity index (χ1v) is 8.59. The van der Waals surface area contributed by atoms with Gasteiger partial charge in [-0.05, 0) is 68.2 Å². The average molecular weight is 339 g/mol. The molecule has 1 unspecified atom stereocenters. The second kappa shape index (κ2) is 7.47. The number of hydrogen-bond donors (Lipinski definition) is 2. The normalized spacial score (nSPS) is 26.9. The van der Waals surface area contributed by atoms with Crippen molar-refractivity contribution < 1.29 is 23.4 Å². The van der Waals surface area contributed by atoms with Crippen LogP contribution in [0.5, 0.6) is 5.75 Å². The number of alkyl halides is 2. The van der Waals surface area contributed by atoms with Crippen molar-refractivity contribution in [2.45, 2.75) is 63.6 Å². The van der Waals surface area contributed by atoms with Crippen LogP contribution in [0, 0.1) is 5.92 Å². The van der Waals surface area contributed by atoms with Crippen molar-refractivity contribution in [2.24, 2.45) is 5.92 Å². The summed E-state index contributed by atoms with van der Waals surface area (Å²) in [5, 5.41) is 12.7. The first-order valence-electron chi connectivity index (χ1n) is 8.59. The van der Waals surface area contributed by atoms with Crippen LogP contribution in [0.3, 0.4) is 0 Å². The molecule has 24 heavy (non-hydrogen) atoms. The molecule has 0 bridgehead atoms. The molecule has 0 aliphatic heterocycles. The number of aliphatic carboxylic acids is 1. The summed E-state index contributed by atoms with van der Waals surface area (Å²) in [6.45, 7) is -2.80. The Kier molecular flexibility index (Phi) is 5.33. The van der Waals surface area contributed by atoms with E-state index in [1.54, 1.807) is 12.1 Å². The largest absolute Gasteiger partial charge is 0.481 e. The minimum atomic E-state index is -2.80. The van der Waals surface area contributed by atoms with Gasteiger partial charge in [0.2, 0.25) is 0 Å². The molecule has 2 N–H and O–H groups in total. The molecule has 0 radical (unpaired) electrons. The number of carbonyl (C=O) groups is 1. The number of rotatable bonds is 5. The lowest BCUT2D eigenvalue weighted by atomic mass is 9.83. The van der Waals surface area contributed by atoms with Gasteiger partial charge in [0.1, 0.15) is 5.75 Å². The SMILES string of the molecule is O=C(O)C1CCC(NC2CCCc3cc(OC(F)F)ccc32)CC1. The number of ether oxygens (including phenoxy) is 1. The van der Waals surface area contributed by atoms with Gasteiger partial charge in [-0.2, -0.15) is 8.78 Å². The van der Waals surface area contributed by atoms with Crippen LogP contribution in [-0.2, 0) is 11.2 Å². The van der Waals surface area contributed by atoms with Crippen LogP contribution in [-0.4, -0.2) is 23.7 Å². The second-order valence-corrected chi connectivity index (χ2v) is 6.74. The summed E-state index contributed by atoms with van der Waals surface area (Å²) in [5.41, 5.74) is 2.22. The number of carboxylic acids is 1. The van der Waals surface area contributed by atoms with E-state index in [1.807, 2.05) is 6.07 Å². The molecule has 4 nitrogen and oxygen atoms in total. The third-order valence-corrected chi connectivity index (χ3v) is 5.17. The summed E-state index contributed by atoms with van der Waals surface area (Å²) in [7, 11) is 0. The molecule has 6 heteroatoms. The molecule has 1 atom stereocenters. The third kappa shape index (κ3) is 4.04. The van der Waals surface area contributed by atoms with Crippen molar-refractivity contribution >= 4 is 5.97 Å². The number of fused-ring (bicyclic) bond motifs is 1. The monoisotopic (exact) mass is 339 g/mol. The Morgan fingerprint density at radius 2 is 1.96 bits per heavy atom. The molecule has 1 aromatic carbocycles. The van der Waals surface area contributed by atoms with Gasteiger partial charge in [0.25, 0.3) is 0 Å². The van der Waals surface area contributed by atoms with Gasteiger partial charge in [-0.15, -0.1) is 0 Å². The molecule has 1 fully saturated rings. The zero-order chi connectivity index (χ0) is 17.1. The van der Waals surface area contributed by atoms with Crippen LogP contribution in [0.25, 0.3) is 0 Å². The van der Waals surface area contributed by atoms with Gasteiger partial charge in [-0.25, -0.2) is 0 Å². The first-order chi connectivity index (χ1) is 11.5. The number of nitrogens with one attached hydrogen (secondary N) is 1. The summed E-state index contributed by atoms with van der Waals surface area (Å²) in [4.78, 5) is 11.0. The molecule has 2 aliphatic rings. The van der Waals surface area contributed by atoms with Gasteiger partial charge in [0, 0.05) is 12.1 Å². The van der Waals surface area contributed by atoms with Gasteiger partial charge >= 0.3 is 12.6 Å². The Balaban J connectivity index is 1.64. The zero-order valence-corrected chi connectivity index (χ0v) is 13.5. The Labute approximate surface area is 140 Å². The van der Waals surface area contributed by atoms with E-state index in [1.165, 1.54) is 0 Å². The summed E-state index contributed by atoms with van der Waals surface area (Å²) >= 11 is 0. The fraction of sp³-hybridized carbons (Fsp3) is 0.611. The number of carboxylic acid groups (broad SMARTS) is 1. The summed E-state index contributed by atoms with van der Waals surface area (Å²) < 4.78 is 29.2. The lowest BCUT2D eigenvalue weighted by Crippen LogP contribution is -2.38. The van der Waals surface area contributed by atoms with E-state index < -0.39 is 12.6 Å². The predicted octanol–water partition coefficient (Wildman–Crippen LogP) is 3.90. The van der Waals surface area contributed by atoms with E-state index in [9.17, 15) is 13.6 Å². The predicted molar refractivity (Wildman–Crippen MR) is 85.3 cm³/mol. The van der Waals surface area contributed by atoms with E-state index >= 15 is 0 Å². The lowest BCUT2D eigenvalue weighted by molar-refractivity contribution is -0.142. The van der Waals surface area contributed by atoms with Crippen LogP contribution in [0.2, 0.25) is 0 Å². The van der Waals surface area contributed by atoms with Crippen molar-refractivity contribution in [3.63, 3.8) is 0 Å². The number of aryl methyl sites for hydroxylation is 1. The highest BCUT2D eigenvalue weighted by molar-refractivity contribution is 5.70. The molecular weight excluding hydrogens is 316 g/mol. The minimum Gasteiger partial charge on any atom is -0.481 e. The Morgan fingerprint density at radius 1 is 1.21 bits per heavy atom. The van der Waals surface area contributed by atoms with Gasteiger partial charge < -0.3 is 15.2 Å². The van der Waals surface area contributed by atoms with E-state index in [2.05, 4.69) is 10.1 Å². The van der Waals surface area contributed by atoms with Crippen LogP contribution >= 0.6 is 0 Å². The van der Waals surface area contributed by atoms with E-state index in [-0.39, 0.29) is 17.7 Å². The highest BCUT2D eigenvalue weighted by atomic mass is 19.3. The maximum atomic E-state index is 12.4. The lowest BCUT2D eigenvalue weighted by Gasteiger charge is -2.34. The fourth-order valence-corrected chi connectivity index (χ4v) is 3.93. The molecule has 1 aromatic rings. The molecule has 0 saturated heterocycles. The van der Waals surface area contributed by atoms with E-state index in [0.29, 0.717) is 18.9 Å². The maximum Gasteiger partial charge on any atom is 0.387 e. The topological polar surface area (TPSA) is 58.6 Å². The smallest absolute Gasteiger partial charge is 0.387 e. The number of benzene rings is 1. The maximum absolute atomic E-state index is 12.4. The Bertz CT molecular complexity index is 586. The molecular formula is C18H23F2NO3. The van der Waals surface area contributed by atoms with Crippen LogP contribution in [0.15, 0.2) is 18.2 Å². The van der Waals surface area contributed by atoms with Crippen molar-refractivity contribution in [3.8, 4) is 5.75 Å². The molecule has 3 rings (SSSR count). The molecule has 2 aliphatic carbocycles. The van der Waals surface area contributed by atoms with E-state index in [0.717, 1.165) is 43.2 Å². The van der Waals surface area contributed by atoms with Crippen molar-refractivity contribution in [1.29, 1.82) is 0 Å². The third-order valence-electron chi connectivity index (χ3n) is 5.17. The second-order valence-electron chi connectivity index (χ2n) is 6.74. The van der Waals surface area contributed by atoms with Crippen LogP contribution in [0.1, 0.15) is 55.7 Å².